The fraction of sp³-hybridized carbons (Fsp3) is 0.250. The van der Waals surface area contributed by atoms with Gasteiger partial charge in [-0.2, -0.15) is 0 Å². The monoisotopic (exact) mass is 279 g/mol. The van der Waals surface area contributed by atoms with Crippen LogP contribution < -0.4 is 5.32 Å². The Hall–Kier alpha value is -1.81. The summed E-state index contributed by atoms with van der Waals surface area (Å²) in [5, 5.41) is 3.01. The Bertz CT molecular complexity index is 611. The summed E-state index contributed by atoms with van der Waals surface area (Å²) >= 11 is 0. The number of halogens is 3. The van der Waals surface area contributed by atoms with E-state index < -0.39 is 11.6 Å². The third-order valence-electron chi connectivity index (χ3n) is 3.37. The van der Waals surface area contributed by atoms with E-state index in [0.717, 1.165) is 12.1 Å². The average Bonchev–Trinajstić information content (AvgIpc) is 2.43. The van der Waals surface area contributed by atoms with Gasteiger partial charge in [-0.05, 0) is 43.7 Å². The number of hydrogen-bond donors (Lipinski definition) is 1. The molecular weight excluding hydrogens is 263 g/mol. The van der Waals surface area contributed by atoms with Crippen LogP contribution in [0.15, 0.2) is 36.4 Å². The van der Waals surface area contributed by atoms with Crippen LogP contribution in [0.25, 0.3) is 0 Å². The highest BCUT2D eigenvalue weighted by atomic mass is 19.2. The molecule has 1 unspecified atom stereocenters. The Balaban J connectivity index is 2.28. The lowest BCUT2D eigenvalue weighted by Gasteiger charge is -2.18. The van der Waals surface area contributed by atoms with Gasteiger partial charge in [0.15, 0.2) is 11.6 Å². The van der Waals surface area contributed by atoms with Gasteiger partial charge in [-0.3, -0.25) is 0 Å². The molecule has 2 rings (SSSR count). The van der Waals surface area contributed by atoms with Crippen molar-refractivity contribution in [2.24, 2.45) is 0 Å². The molecule has 1 nitrogen and oxygen atoms in total. The molecule has 0 aliphatic rings. The second-order valence-electron chi connectivity index (χ2n) is 4.77. The molecule has 2 aromatic rings. The Kier molecular flexibility index (Phi) is 4.45. The predicted octanol–water partition coefficient (Wildman–Crippen LogP) is 3.92. The SMILES string of the molecule is CNC(Cc1ccc(F)c(F)c1)c1cccc(C)c1F. The maximum absolute atomic E-state index is 14.1. The molecule has 0 amide bonds. The number of rotatable bonds is 4. The number of aryl methyl sites for hydroxylation is 1. The Morgan fingerprint density at radius 3 is 2.45 bits per heavy atom. The summed E-state index contributed by atoms with van der Waals surface area (Å²) in [6.07, 6.45) is 0.383. The quantitative estimate of drug-likeness (QED) is 0.894. The highest BCUT2D eigenvalue weighted by Crippen LogP contribution is 2.23. The Morgan fingerprint density at radius 1 is 1.05 bits per heavy atom. The standard InChI is InChI=1S/C16H16F3N/c1-10-4-3-5-12(16(10)19)15(20-2)9-11-6-7-13(17)14(18)8-11/h3-8,15,20H,9H2,1-2H3. The van der Waals surface area contributed by atoms with Crippen LogP contribution in [0.5, 0.6) is 0 Å². The minimum atomic E-state index is -0.887. The van der Waals surface area contributed by atoms with Crippen LogP contribution in [0.3, 0.4) is 0 Å². The van der Waals surface area contributed by atoms with E-state index in [0.29, 0.717) is 23.1 Å². The first-order chi connectivity index (χ1) is 9.52. The van der Waals surface area contributed by atoms with Crippen molar-refractivity contribution in [3.8, 4) is 0 Å². The van der Waals surface area contributed by atoms with Crippen LogP contribution in [-0.4, -0.2) is 7.05 Å². The third-order valence-corrected chi connectivity index (χ3v) is 3.37. The van der Waals surface area contributed by atoms with E-state index >= 15 is 0 Å². The third kappa shape index (κ3) is 3.02. The molecule has 0 saturated carbocycles. The molecule has 2 aromatic carbocycles. The summed E-state index contributed by atoms with van der Waals surface area (Å²) < 4.78 is 40.2. The Labute approximate surface area is 116 Å². The van der Waals surface area contributed by atoms with E-state index in [2.05, 4.69) is 5.32 Å². The molecule has 0 bridgehead atoms. The van der Waals surface area contributed by atoms with Crippen LogP contribution in [-0.2, 0) is 6.42 Å². The van der Waals surface area contributed by atoms with Crippen LogP contribution >= 0.6 is 0 Å². The molecular formula is C16H16F3N. The summed E-state index contributed by atoms with van der Waals surface area (Å²) in [7, 11) is 1.71. The van der Waals surface area contributed by atoms with Crippen molar-refractivity contribution in [2.75, 3.05) is 7.05 Å². The lowest BCUT2D eigenvalue weighted by molar-refractivity contribution is 0.501. The van der Waals surface area contributed by atoms with Gasteiger partial charge in [-0.15, -0.1) is 0 Å². The molecule has 0 fully saturated rings. The molecule has 0 saturated heterocycles. The highest BCUT2D eigenvalue weighted by molar-refractivity contribution is 5.29. The summed E-state index contributed by atoms with van der Waals surface area (Å²) in [5.41, 5.74) is 1.70. The molecule has 0 aliphatic heterocycles. The first kappa shape index (κ1) is 14.6. The molecule has 0 spiro atoms. The summed E-state index contributed by atoms with van der Waals surface area (Å²) in [4.78, 5) is 0. The van der Waals surface area contributed by atoms with Crippen molar-refractivity contribution in [1.29, 1.82) is 0 Å². The van der Waals surface area contributed by atoms with Crippen LogP contribution in [0.4, 0.5) is 13.2 Å². The minimum Gasteiger partial charge on any atom is -0.313 e. The van der Waals surface area contributed by atoms with Gasteiger partial charge in [0.25, 0.3) is 0 Å². The normalized spacial score (nSPS) is 12.4. The summed E-state index contributed by atoms with van der Waals surface area (Å²) in [6, 6.07) is 8.63. The summed E-state index contributed by atoms with van der Waals surface area (Å²) in [5.74, 6) is -2.03. The molecule has 0 heterocycles. The van der Waals surface area contributed by atoms with Crippen LogP contribution in [0.2, 0.25) is 0 Å². The van der Waals surface area contributed by atoms with Crippen LogP contribution in [0.1, 0.15) is 22.7 Å². The fourth-order valence-corrected chi connectivity index (χ4v) is 2.21. The van der Waals surface area contributed by atoms with E-state index in [-0.39, 0.29) is 11.9 Å². The van der Waals surface area contributed by atoms with Gasteiger partial charge in [-0.25, -0.2) is 13.2 Å². The van der Waals surface area contributed by atoms with Crippen molar-refractivity contribution in [3.05, 3.63) is 70.5 Å². The van der Waals surface area contributed by atoms with E-state index in [1.807, 2.05) is 0 Å². The van der Waals surface area contributed by atoms with Crippen LogP contribution in [0, 0.1) is 24.4 Å². The molecule has 106 valence electrons. The van der Waals surface area contributed by atoms with Crippen molar-refractivity contribution >= 4 is 0 Å². The fourth-order valence-electron chi connectivity index (χ4n) is 2.21. The average molecular weight is 279 g/mol. The number of likely N-dealkylation sites (N-methyl/N-ethyl adjacent to an activating group) is 1. The first-order valence-corrected chi connectivity index (χ1v) is 6.39. The Morgan fingerprint density at radius 2 is 1.80 bits per heavy atom. The zero-order valence-electron chi connectivity index (χ0n) is 11.4. The van der Waals surface area contributed by atoms with E-state index in [4.69, 9.17) is 0 Å². The maximum Gasteiger partial charge on any atom is 0.159 e. The maximum atomic E-state index is 14.1. The van der Waals surface area contributed by atoms with Gasteiger partial charge in [0.2, 0.25) is 0 Å². The van der Waals surface area contributed by atoms with Crippen molar-refractivity contribution < 1.29 is 13.2 Å². The van der Waals surface area contributed by atoms with Gasteiger partial charge in [0.05, 0.1) is 0 Å². The van der Waals surface area contributed by atoms with E-state index in [9.17, 15) is 13.2 Å². The smallest absolute Gasteiger partial charge is 0.159 e. The number of nitrogens with one attached hydrogen (secondary N) is 1. The summed E-state index contributed by atoms with van der Waals surface area (Å²) in [6.45, 7) is 1.70. The largest absolute Gasteiger partial charge is 0.313 e. The molecule has 0 aromatic heterocycles. The molecule has 1 atom stereocenters. The second kappa shape index (κ2) is 6.09. The van der Waals surface area contributed by atoms with E-state index in [1.54, 1.807) is 32.2 Å². The van der Waals surface area contributed by atoms with Crippen molar-refractivity contribution in [3.63, 3.8) is 0 Å². The second-order valence-corrected chi connectivity index (χ2v) is 4.77. The van der Waals surface area contributed by atoms with Gasteiger partial charge in [-0.1, -0.05) is 24.3 Å². The number of benzene rings is 2. The van der Waals surface area contributed by atoms with Gasteiger partial charge in [0.1, 0.15) is 5.82 Å². The zero-order valence-corrected chi connectivity index (χ0v) is 11.4. The van der Waals surface area contributed by atoms with Gasteiger partial charge < -0.3 is 5.32 Å². The lowest BCUT2D eigenvalue weighted by atomic mass is 9.97. The van der Waals surface area contributed by atoms with Gasteiger partial charge >= 0.3 is 0 Å². The predicted molar refractivity (Wildman–Crippen MR) is 73.0 cm³/mol. The van der Waals surface area contributed by atoms with E-state index in [1.165, 1.54) is 6.07 Å². The molecule has 4 heteroatoms. The number of hydrogen-bond acceptors (Lipinski definition) is 1. The minimum absolute atomic E-state index is 0.269. The zero-order chi connectivity index (χ0) is 14.7. The molecule has 0 aliphatic carbocycles. The molecule has 20 heavy (non-hydrogen) atoms. The highest BCUT2D eigenvalue weighted by Gasteiger charge is 2.16. The first-order valence-electron chi connectivity index (χ1n) is 6.39. The lowest BCUT2D eigenvalue weighted by Crippen LogP contribution is -2.20. The van der Waals surface area contributed by atoms with Crippen molar-refractivity contribution in [2.45, 2.75) is 19.4 Å². The van der Waals surface area contributed by atoms with Crippen molar-refractivity contribution in [1.82, 2.24) is 5.32 Å². The van der Waals surface area contributed by atoms with Gasteiger partial charge in [0, 0.05) is 11.6 Å². The molecule has 1 N–H and O–H groups in total. The topological polar surface area (TPSA) is 12.0 Å². The molecule has 0 radical (unpaired) electrons.